The predicted octanol–water partition coefficient (Wildman–Crippen LogP) is 1.82. The van der Waals surface area contributed by atoms with Gasteiger partial charge in [0.15, 0.2) is 0 Å². The zero-order chi connectivity index (χ0) is 21.3. The van der Waals surface area contributed by atoms with Crippen molar-refractivity contribution in [1.82, 2.24) is 29.3 Å². The van der Waals surface area contributed by atoms with Gasteiger partial charge in [-0.1, -0.05) is 0 Å². The third-order valence-electron chi connectivity index (χ3n) is 5.06. The first-order chi connectivity index (χ1) is 13.7. The highest BCUT2D eigenvalue weighted by atomic mass is 16.4. The fourth-order valence-corrected chi connectivity index (χ4v) is 3.24. The van der Waals surface area contributed by atoms with E-state index in [9.17, 15) is 9.59 Å². The number of anilines is 1. The second-order valence-corrected chi connectivity index (χ2v) is 7.07. The Bertz CT molecular complexity index is 1070. The summed E-state index contributed by atoms with van der Waals surface area (Å²) in [5, 5.41) is 24.8. The first kappa shape index (κ1) is 20.3. The number of hydrogen-bond acceptors (Lipinski definition) is 5. The van der Waals surface area contributed by atoms with Crippen LogP contribution in [0.25, 0.3) is 0 Å². The highest BCUT2D eigenvalue weighted by Crippen LogP contribution is 2.22. The van der Waals surface area contributed by atoms with Gasteiger partial charge >= 0.3 is 5.97 Å². The van der Waals surface area contributed by atoms with Gasteiger partial charge in [-0.05, 0) is 27.7 Å². The van der Waals surface area contributed by atoms with Crippen molar-refractivity contribution in [1.29, 1.82) is 0 Å². The largest absolute Gasteiger partial charge is 0.478 e. The Morgan fingerprint density at radius 2 is 1.83 bits per heavy atom. The zero-order valence-corrected chi connectivity index (χ0v) is 17.2. The summed E-state index contributed by atoms with van der Waals surface area (Å²) in [4.78, 5) is 23.3. The van der Waals surface area contributed by atoms with Gasteiger partial charge in [0.25, 0.3) is 0 Å². The van der Waals surface area contributed by atoms with Crippen molar-refractivity contribution in [3.63, 3.8) is 0 Å². The van der Waals surface area contributed by atoms with E-state index in [2.05, 4.69) is 20.6 Å². The number of aromatic carboxylic acids is 1. The van der Waals surface area contributed by atoms with Gasteiger partial charge in [-0.3, -0.25) is 18.8 Å². The molecule has 0 atom stereocenters. The summed E-state index contributed by atoms with van der Waals surface area (Å²) < 4.78 is 5.17. The summed E-state index contributed by atoms with van der Waals surface area (Å²) >= 11 is 0. The number of carboxylic acids is 1. The van der Waals surface area contributed by atoms with Crippen molar-refractivity contribution in [2.75, 3.05) is 5.32 Å². The van der Waals surface area contributed by atoms with E-state index >= 15 is 0 Å². The number of hydrogen-bond donors (Lipinski definition) is 2. The van der Waals surface area contributed by atoms with Crippen LogP contribution in [0.2, 0.25) is 0 Å². The van der Waals surface area contributed by atoms with E-state index in [1.807, 2.05) is 44.1 Å². The molecule has 0 saturated carbocycles. The molecule has 3 aromatic rings. The van der Waals surface area contributed by atoms with Gasteiger partial charge in [0, 0.05) is 37.5 Å². The summed E-state index contributed by atoms with van der Waals surface area (Å²) in [5.74, 6) is -1.23. The lowest BCUT2D eigenvalue weighted by Gasteiger charge is -2.08. The molecule has 0 bridgehead atoms. The molecular weight excluding hydrogens is 374 g/mol. The molecule has 2 N–H and O–H groups in total. The highest BCUT2D eigenvalue weighted by molar-refractivity contribution is 5.92. The Labute approximate surface area is 168 Å². The van der Waals surface area contributed by atoms with Crippen molar-refractivity contribution in [2.45, 2.75) is 47.2 Å². The third kappa shape index (κ3) is 4.20. The first-order valence-corrected chi connectivity index (χ1v) is 9.26. The standard InChI is InChI=1S/C19H25N7O3/c1-11-16(13(3)24(5)22-11)10-26-14(4)18(12(2)23-26)21-17(27)6-7-25-9-15(8-20-25)19(28)29/h8-9H,6-7,10H2,1-5H3,(H,21,27)(H,28,29). The molecule has 0 aromatic carbocycles. The topological polar surface area (TPSA) is 120 Å². The van der Waals surface area contributed by atoms with Crippen LogP contribution < -0.4 is 5.32 Å². The van der Waals surface area contributed by atoms with Crippen LogP contribution >= 0.6 is 0 Å². The first-order valence-electron chi connectivity index (χ1n) is 9.26. The fraction of sp³-hybridized carbons (Fsp3) is 0.421. The van der Waals surface area contributed by atoms with Gasteiger partial charge in [0.2, 0.25) is 5.91 Å². The number of carboxylic acid groups (broad SMARTS) is 1. The Balaban J connectivity index is 1.67. The molecule has 3 heterocycles. The predicted molar refractivity (Wildman–Crippen MR) is 106 cm³/mol. The van der Waals surface area contributed by atoms with E-state index in [0.29, 0.717) is 18.8 Å². The molecule has 29 heavy (non-hydrogen) atoms. The minimum absolute atomic E-state index is 0.0966. The quantitative estimate of drug-likeness (QED) is 0.625. The number of carbonyl (C=O) groups is 2. The van der Waals surface area contributed by atoms with E-state index in [1.165, 1.54) is 17.1 Å². The lowest BCUT2D eigenvalue weighted by molar-refractivity contribution is -0.116. The van der Waals surface area contributed by atoms with Crippen molar-refractivity contribution < 1.29 is 14.7 Å². The van der Waals surface area contributed by atoms with E-state index in [-0.39, 0.29) is 17.9 Å². The molecule has 10 heteroatoms. The smallest absolute Gasteiger partial charge is 0.338 e. The monoisotopic (exact) mass is 399 g/mol. The van der Waals surface area contributed by atoms with Gasteiger partial charge in [-0.25, -0.2) is 4.79 Å². The molecule has 1 amide bonds. The van der Waals surface area contributed by atoms with Gasteiger partial charge in [-0.2, -0.15) is 15.3 Å². The van der Waals surface area contributed by atoms with Crippen molar-refractivity contribution in [2.24, 2.45) is 7.05 Å². The molecule has 154 valence electrons. The maximum atomic E-state index is 12.4. The lowest BCUT2D eigenvalue weighted by atomic mass is 10.2. The molecule has 0 saturated heterocycles. The van der Waals surface area contributed by atoms with Crippen LogP contribution in [0.15, 0.2) is 12.4 Å². The number of aromatic nitrogens is 6. The van der Waals surface area contributed by atoms with Crippen LogP contribution in [-0.4, -0.2) is 46.3 Å². The lowest BCUT2D eigenvalue weighted by Crippen LogP contribution is -2.16. The van der Waals surface area contributed by atoms with E-state index in [4.69, 9.17) is 5.11 Å². The SMILES string of the molecule is Cc1nn(C)c(C)c1Cn1nc(C)c(NC(=O)CCn2cc(C(=O)O)cn2)c1C. The van der Waals surface area contributed by atoms with Crippen LogP contribution in [0.4, 0.5) is 5.69 Å². The number of nitrogens with one attached hydrogen (secondary N) is 1. The molecule has 0 fully saturated rings. The summed E-state index contributed by atoms with van der Waals surface area (Å²) in [7, 11) is 1.91. The Hall–Kier alpha value is -3.43. The van der Waals surface area contributed by atoms with Gasteiger partial charge < -0.3 is 10.4 Å². The minimum atomic E-state index is -1.04. The van der Waals surface area contributed by atoms with Gasteiger partial charge in [-0.15, -0.1) is 0 Å². The van der Waals surface area contributed by atoms with Crippen LogP contribution in [-0.2, 0) is 24.9 Å². The van der Waals surface area contributed by atoms with Crippen LogP contribution in [0.3, 0.4) is 0 Å². The maximum absolute atomic E-state index is 12.4. The zero-order valence-electron chi connectivity index (χ0n) is 17.2. The average molecular weight is 399 g/mol. The van der Waals surface area contributed by atoms with Gasteiger partial charge in [0.1, 0.15) is 0 Å². The second-order valence-electron chi connectivity index (χ2n) is 7.07. The van der Waals surface area contributed by atoms with Gasteiger partial charge in [0.05, 0.1) is 41.1 Å². The second kappa shape index (κ2) is 7.90. The molecule has 0 aliphatic rings. The van der Waals surface area contributed by atoms with Crippen LogP contribution in [0.5, 0.6) is 0 Å². The Kier molecular flexibility index (Phi) is 5.53. The van der Waals surface area contributed by atoms with E-state index in [1.54, 1.807) is 0 Å². The number of amides is 1. The molecule has 0 aliphatic heterocycles. The minimum Gasteiger partial charge on any atom is -0.478 e. The van der Waals surface area contributed by atoms with E-state index < -0.39 is 5.97 Å². The summed E-state index contributed by atoms with van der Waals surface area (Å²) in [6, 6.07) is 0. The van der Waals surface area contributed by atoms with Crippen molar-refractivity contribution >= 4 is 17.6 Å². The third-order valence-corrected chi connectivity index (χ3v) is 5.06. The normalized spacial score (nSPS) is 11.1. The summed E-state index contributed by atoms with van der Waals surface area (Å²) in [6.07, 6.45) is 2.84. The molecule has 0 spiro atoms. The number of aryl methyl sites for hydroxylation is 4. The number of nitrogens with zero attached hydrogens (tertiary/aromatic N) is 6. The molecule has 0 aliphatic carbocycles. The number of carbonyl (C=O) groups excluding carboxylic acids is 1. The molecule has 10 nitrogen and oxygen atoms in total. The molecule has 3 aromatic heterocycles. The fourth-order valence-electron chi connectivity index (χ4n) is 3.24. The van der Waals surface area contributed by atoms with Crippen molar-refractivity contribution in [3.8, 4) is 0 Å². The Morgan fingerprint density at radius 1 is 1.10 bits per heavy atom. The van der Waals surface area contributed by atoms with Crippen LogP contribution in [0.1, 0.15) is 45.1 Å². The van der Waals surface area contributed by atoms with Crippen LogP contribution in [0, 0.1) is 27.7 Å². The summed E-state index contributed by atoms with van der Waals surface area (Å²) in [5.41, 5.74) is 5.56. The Morgan fingerprint density at radius 3 is 2.41 bits per heavy atom. The molecule has 3 rings (SSSR count). The van der Waals surface area contributed by atoms with E-state index in [0.717, 1.165) is 28.3 Å². The maximum Gasteiger partial charge on any atom is 0.338 e. The van der Waals surface area contributed by atoms with Crippen molar-refractivity contribution in [3.05, 3.63) is 46.3 Å². The average Bonchev–Trinajstić information content (AvgIpc) is 3.30. The molecule has 0 unspecified atom stereocenters. The molecular formula is C19H25N7O3. The number of rotatable bonds is 7. The highest BCUT2D eigenvalue weighted by Gasteiger charge is 2.17. The molecule has 0 radical (unpaired) electrons. The summed E-state index contributed by atoms with van der Waals surface area (Å²) in [6.45, 7) is 8.65.